The van der Waals surface area contributed by atoms with Gasteiger partial charge < -0.3 is 11.1 Å². The van der Waals surface area contributed by atoms with E-state index in [1.54, 1.807) is 0 Å². The van der Waals surface area contributed by atoms with Crippen molar-refractivity contribution in [2.75, 3.05) is 6.54 Å². The quantitative estimate of drug-likeness (QED) is 0.621. The number of imide groups is 1. The smallest absolute Gasteiger partial charge is 0.322 e. The molecule has 1 aliphatic rings. The molecule has 0 aromatic carbocycles. The zero-order valence-electron chi connectivity index (χ0n) is 8.96. The first kappa shape index (κ1) is 11.0. The van der Waals surface area contributed by atoms with Crippen molar-refractivity contribution in [3.8, 4) is 0 Å². The van der Waals surface area contributed by atoms with Gasteiger partial charge in [-0.2, -0.15) is 0 Å². The summed E-state index contributed by atoms with van der Waals surface area (Å²) in [6, 6.07) is -0.527. The van der Waals surface area contributed by atoms with Crippen molar-refractivity contribution in [3.63, 3.8) is 0 Å². The standard InChI is InChI=1S/C9H12N4O2S/c1-4-6(11-5(2)16-4)9(3-10)7(14)12-8(15)13-9/h3,10H2,1-2H3,(H2,12,13,14,15). The molecule has 7 heteroatoms. The van der Waals surface area contributed by atoms with Gasteiger partial charge in [-0.25, -0.2) is 9.78 Å². The number of hydrogen-bond donors (Lipinski definition) is 3. The van der Waals surface area contributed by atoms with E-state index in [2.05, 4.69) is 15.6 Å². The van der Waals surface area contributed by atoms with E-state index in [4.69, 9.17) is 5.73 Å². The average molecular weight is 240 g/mol. The summed E-state index contributed by atoms with van der Waals surface area (Å²) in [6.07, 6.45) is 0. The number of aromatic nitrogens is 1. The number of hydrogen-bond acceptors (Lipinski definition) is 5. The van der Waals surface area contributed by atoms with Gasteiger partial charge >= 0.3 is 6.03 Å². The summed E-state index contributed by atoms with van der Waals surface area (Å²) in [4.78, 5) is 28.2. The molecular formula is C9H12N4O2S. The minimum Gasteiger partial charge on any atom is -0.327 e. The first-order valence-corrected chi connectivity index (χ1v) is 5.59. The van der Waals surface area contributed by atoms with Gasteiger partial charge in [-0.15, -0.1) is 11.3 Å². The minimum atomic E-state index is -1.20. The molecule has 2 rings (SSSR count). The SMILES string of the molecule is Cc1nc(C2(CN)NC(=O)NC2=O)c(C)s1. The third-order valence-corrected chi connectivity index (χ3v) is 3.44. The second-order valence-corrected chi connectivity index (χ2v) is 5.06. The van der Waals surface area contributed by atoms with Crippen LogP contribution in [0.25, 0.3) is 0 Å². The highest BCUT2D eigenvalue weighted by molar-refractivity contribution is 7.11. The number of nitrogens with two attached hydrogens (primary N) is 1. The first-order valence-electron chi connectivity index (χ1n) is 4.78. The van der Waals surface area contributed by atoms with Crippen molar-refractivity contribution < 1.29 is 9.59 Å². The second-order valence-electron chi connectivity index (χ2n) is 3.66. The Bertz CT molecular complexity index is 470. The molecule has 6 nitrogen and oxygen atoms in total. The molecular weight excluding hydrogens is 228 g/mol. The lowest BCUT2D eigenvalue weighted by Gasteiger charge is -2.22. The van der Waals surface area contributed by atoms with E-state index in [9.17, 15) is 9.59 Å². The van der Waals surface area contributed by atoms with Crippen LogP contribution in [0.15, 0.2) is 0 Å². The van der Waals surface area contributed by atoms with Gasteiger partial charge in [0.25, 0.3) is 5.91 Å². The predicted molar refractivity (Wildman–Crippen MR) is 59.0 cm³/mol. The average Bonchev–Trinajstić information content (AvgIpc) is 2.67. The maximum atomic E-state index is 11.8. The van der Waals surface area contributed by atoms with Crippen molar-refractivity contribution in [1.82, 2.24) is 15.6 Å². The Morgan fingerprint density at radius 3 is 2.50 bits per heavy atom. The molecule has 1 unspecified atom stereocenters. The van der Waals surface area contributed by atoms with Gasteiger partial charge in [-0.1, -0.05) is 0 Å². The van der Waals surface area contributed by atoms with Crippen LogP contribution >= 0.6 is 11.3 Å². The van der Waals surface area contributed by atoms with Crippen LogP contribution in [0.4, 0.5) is 4.79 Å². The number of nitrogens with one attached hydrogen (secondary N) is 2. The van der Waals surface area contributed by atoms with Crippen molar-refractivity contribution in [3.05, 3.63) is 15.6 Å². The Morgan fingerprint density at radius 2 is 2.12 bits per heavy atom. The largest absolute Gasteiger partial charge is 0.327 e. The second kappa shape index (κ2) is 3.53. The normalized spacial score (nSPS) is 24.4. The van der Waals surface area contributed by atoms with Crippen molar-refractivity contribution in [2.45, 2.75) is 19.4 Å². The van der Waals surface area contributed by atoms with E-state index in [1.807, 2.05) is 13.8 Å². The van der Waals surface area contributed by atoms with Gasteiger partial charge in [0.05, 0.1) is 10.7 Å². The van der Waals surface area contributed by atoms with Gasteiger partial charge in [-0.3, -0.25) is 10.1 Å². The van der Waals surface area contributed by atoms with E-state index in [0.29, 0.717) is 5.69 Å². The highest BCUT2D eigenvalue weighted by Crippen LogP contribution is 2.29. The van der Waals surface area contributed by atoms with Gasteiger partial charge in [0.1, 0.15) is 0 Å². The third-order valence-electron chi connectivity index (χ3n) is 2.56. The first-order chi connectivity index (χ1) is 7.49. The monoisotopic (exact) mass is 240 g/mol. The molecule has 1 saturated heterocycles. The van der Waals surface area contributed by atoms with Crippen LogP contribution in [0.3, 0.4) is 0 Å². The zero-order chi connectivity index (χ0) is 11.9. The summed E-state index contributed by atoms with van der Waals surface area (Å²) in [6.45, 7) is 3.70. The Kier molecular flexibility index (Phi) is 2.43. The van der Waals surface area contributed by atoms with Crippen LogP contribution < -0.4 is 16.4 Å². The number of carbonyl (C=O) groups is 2. The molecule has 0 saturated carbocycles. The number of rotatable bonds is 2. The Morgan fingerprint density at radius 1 is 1.44 bits per heavy atom. The Hall–Kier alpha value is -1.47. The number of aryl methyl sites for hydroxylation is 2. The Labute approximate surface area is 96.2 Å². The number of thiazole rings is 1. The number of carbonyl (C=O) groups excluding carboxylic acids is 2. The summed E-state index contributed by atoms with van der Waals surface area (Å²) >= 11 is 1.48. The van der Waals surface area contributed by atoms with E-state index in [-0.39, 0.29) is 6.54 Å². The van der Waals surface area contributed by atoms with Crippen LogP contribution in [0.2, 0.25) is 0 Å². The molecule has 3 amide bonds. The topological polar surface area (TPSA) is 97.1 Å². The van der Waals surface area contributed by atoms with E-state index >= 15 is 0 Å². The van der Waals surface area contributed by atoms with E-state index in [1.165, 1.54) is 11.3 Å². The number of nitrogens with zero attached hydrogens (tertiary/aromatic N) is 1. The van der Waals surface area contributed by atoms with Gasteiger partial charge in [0.15, 0.2) is 5.54 Å². The van der Waals surface area contributed by atoms with Gasteiger partial charge in [0, 0.05) is 11.4 Å². The molecule has 1 aromatic rings. The van der Waals surface area contributed by atoms with Crippen molar-refractivity contribution in [2.24, 2.45) is 5.73 Å². The molecule has 0 bridgehead atoms. The molecule has 1 aliphatic heterocycles. The van der Waals surface area contributed by atoms with Crippen molar-refractivity contribution in [1.29, 1.82) is 0 Å². The fraction of sp³-hybridized carbons (Fsp3) is 0.444. The number of urea groups is 1. The lowest BCUT2D eigenvalue weighted by atomic mass is 9.95. The van der Waals surface area contributed by atoms with E-state index in [0.717, 1.165) is 9.88 Å². The summed E-state index contributed by atoms with van der Waals surface area (Å²) in [5, 5.41) is 5.59. The minimum absolute atomic E-state index is 0.00537. The van der Waals surface area contributed by atoms with Crippen LogP contribution in [-0.4, -0.2) is 23.5 Å². The van der Waals surface area contributed by atoms with Gasteiger partial charge in [-0.05, 0) is 13.8 Å². The fourth-order valence-electron chi connectivity index (χ4n) is 1.82. The molecule has 0 radical (unpaired) electrons. The lowest BCUT2D eigenvalue weighted by molar-refractivity contribution is -0.124. The molecule has 1 aromatic heterocycles. The van der Waals surface area contributed by atoms with Gasteiger partial charge in [0.2, 0.25) is 0 Å². The van der Waals surface area contributed by atoms with Crippen LogP contribution in [0, 0.1) is 13.8 Å². The molecule has 4 N–H and O–H groups in total. The maximum absolute atomic E-state index is 11.8. The molecule has 86 valence electrons. The highest BCUT2D eigenvalue weighted by atomic mass is 32.1. The third kappa shape index (κ3) is 1.40. The van der Waals surface area contributed by atoms with Crippen molar-refractivity contribution >= 4 is 23.3 Å². The highest BCUT2D eigenvalue weighted by Gasteiger charge is 2.49. The molecule has 0 aliphatic carbocycles. The summed E-state index contributed by atoms with van der Waals surface area (Å²) in [5.41, 5.74) is 4.96. The molecule has 2 heterocycles. The number of amides is 3. The molecule has 16 heavy (non-hydrogen) atoms. The molecule has 1 fully saturated rings. The summed E-state index contributed by atoms with van der Waals surface area (Å²) in [7, 11) is 0. The zero-order valence-corrected chi connectivity index (χ0v) is 9.77. The summed E-state index contributed by atoms with van der Waals surface area (Å²) in [5.74, 6) is -0.437. The summed E-state index contributed by atoms with van der Waals surface area (Å²) < 4.78 is 0. The fourth-order valence-corrected chi connectivity index (χ4v) is 2.72. The molecule has 1 atom stereocenters. The lowest BCUT2D eigenvalue weighted by Crippen LogP contribution is -2.50. The van der Waals surface area contributed by atoms with Crippen LogP contribution in [0.5, 0.6) is 0 Å². The maximum Gasteiger partial charge on any atom is 0.322 e. The Balaban J connectivity index is 2.54. The van der Waals surface area contributed by atoms with E-state index < -0.39 is 17.5 Å². The van der Waals surface area contributed by atoms with Crippen LogP contribution in [-0.2, 0) is 10.3 Å². The molecule has 0 spiro atoms. The van der Waals surface area contributed by atoms with Crippen LogP contribution in [0.1, 0.15) is 15.6 Å². The predicted octanol–water partition coefficient (Wildman–Crippen LogP) is -0.247.